The summed E-state index contributed by atoms with van der Waals surface area (Å²) in [5.41, 5.74) is 6.62. The number of nitrogens with zero attached hydrogens (tertiary/aromatic N) is 4. The number of hydrogen-bond acceptors (Lipinski definition) is 4. The lowest BCUT2D eigenvalue weighted by Crippen LogP contribution is -2.19. The van der Waals surface area contributed by atoms with Gasteiger partial charge in [-0.1, -0.05) is 19.8 Å². The van der Waals surface area contributed by atoms with Gasteiger partial charge in [-0.15, -0.1) is 5.10 Å². The third-order valence-corrected chi connectivity index (χ3v) is 3.98. The molecule has 1 heterocycles. The third-order valence-electron chi connectivity index (χ3n) is 3.98. The molecule has 106 valence electrons. The molecule has 1 fully saturated rings. The predicted octanol–water partition coefficient (Wildman–Crippen LogP) is 2.81. The molecule has 1 aromatic heterocycles. The summed E-state index contributed by atoms with van der Waals surface area (Å²) in [6.45, 7) is 2.23. The van der Waals surface area contributed by atoms with E-state index in [0.29, 0.717) is 23.0 Å². The van der Waals surface area contributed by atoms with Crippen molar-refractivity contribution in [2.45, 2.75) is 38.6 Å². The van der Waals surface area contributed by atoms with Gasteiger partial charge in [-0.25, -0.2) is 9.07 Å². The lowest BCUT2D eigenvalue weighted by Gasteiger charge is -2.27. The summed E-state index contributed by atoms with van der Waals surface area (Å²) >= 11 is 0. The summed E-state index contributed by atoms with van der Waals surface area (Å²) in [5.74, 6) is 0.768. The van der Waals surface area contributed by atoms with Gasteiger partial charge in [0.15, 0.2) is 5.82 Å². The summed E-state index contributed by atoms with van der Waals surface area (Å²) in [4.78, 5) is 0. The maximum absolute atomic E-state index is 14.0. The second-order valence-corrected chi connectivity index (χ2v) is 5.61. The van der Waals surface area contributed by atoms with Gasteiger partial charge < -0.3 is 5.73 Å². The topological polar surface area (TPSA) is 69.6 Å². The molecule has 20 heavy (non-hydrogen) atoms. The number of hydrogen-bond donors (Lipinski definition) is 1. The van der Waals surface area contributed by atoms with E-state index in [1.165, 1.54) is 18.6 Å². The molecule has 5 nitrogen and oxygen atoms in total. The molecule has 1 aliphatic carbocycles. The first-order valence-corrected chi connectivity index (χ1v) is 6.98. The molecule has 0 aliphatic heterocycles. The average molecular weight is 275 g/mol. The Morgan fingerprint density at radius 2 is 2.20 bits per heavy atom. The molecule has 0 amide bonds. The van der Waals surface area contributed by atoms with Crippen molar-refractivity contribution in [1.82, 2.24) is 20.2 Å². The zero-order chi connectivity index (χ0) is 14.1. The van der Waals surface area contributed by atoms with Crippen LogP contribution in [0.25, 0.3) is 11.4 Å². The van der Waals surface area contributed by atoms with Crippen LogP contribution in [0.5, 0.6) is 0 Å². The number of anilines is 1. The van der Waals surface area contributed by atoms with Crippen LogP contribution >= 0.6 is 0 Å². The van der Waals surface area contributed by atoms with E-state index in [1.54, 1.807) is 10.7 Å². The Morgan fingerprint density at radius 1 is 1.35 bits per heavy atom. The molecule has 1 aromatic carbocycles. The maximum atomic E-state index is 14.0. The number of aromatic nitrogens is 4. The van der Waals surface area contributed by atoms with Crippen LogP contribution in [0.1, 0.15) is 38.6 Å². The Balaban J connectivity index is 1.99. The largest absolute Gasteiger partial charge is 0.399 e. The highest BCUT2D eigenvalue weighted by Crippen LogP contribution is 2.34. The SMILES string of the molecule is CC1CCCC(n2nnnc2-c2cc(N)ccc2F)C1. The van der Waals surface area contributed by atoms with Crippen molar-refractivity contribution in [3.63, 3.8) is 0 Å². The van der Waals surface area contributed by atoms with E-state index in [2.05, 4.69) is 22.4 Å². The number of rotatable bonds is 2. The van der Waals surface area contributed by atoms with Crippen molar-refractivity contribution in [2.75, 3.05) is 5.73 Å². The zero-order valence-corrected chi connectivity index (χ0v) is 11.5. The molecule has 2 unspecified atom stereocenters. The molecular weight excluding hydrogens is 257 g/mol. The van der Waals surface area contributed by atoms with E-state index in [1.807, 2.05) is 0 Å². The minimum absolute atomic E-state index is 0.240. The molecule has 0 radical (unpaired) electrons. The van der Waals surface area contributed by atoms with Gasteiger partial charge in [0.05, 0.1) is 11.6 Å². The second-order valence-electron chi connectivity index (χ2n) is 5.61. The summed E-state index contributed by atoms with van der Waals surface area (Å²) in [6, 6.07) is 4.72. The van der Waals surface area contributed by atoms with Gasteiger partial charge in [0, 0.05) is 5.69 Å². The molecule has 2 aromatic rings. The minimum atomic E-state index is -0.348. The van der Waals surface area contributed by atoms with E-state index in [4.69, 9.17) is 5.73 Å². The van der Waals surface area contributed by atoms with Crippen molar-refractivity contribution in [3.05, 3.63) is 24.0 Å². The first-order chi connectivity index (χ1) is 9.65. The van der Waals surface area contributed by atoms with E-state index in [0.717, 1.165) is 19.3 Å². The Morgan fingerprint density at radius 3 is 3.00 bits per heavy atom. The smallest absolute Gasteiger partial charge is 0.185 e. The lowest BCUT2D eigenvalue weighted by atomic mass is 9.87. The first-order valence-electron chi connectivity index (χ1n) is 6.98. The van der Waals surface area contributed by atoms with Crippen molar-refractivity contribution in [2.24, 2.45) is 5.92 Å². The first kappa shape index (κ1) is 13.0. The average Bonchev–Trinajstić information content (AvgIpc) is 2.90. The molecule has 0 saturated heterocycles. The molecule has 6 heteroatoms. The van der Waals surface area contributed by atoms with Gasteiger partial charge >= 0.3 is 0 Å². The van der Waals surface area contributed by atoms with Gasteiger partial charge in [-0.2, -0.15) is 0 Å². The van der Waals surface area contributed by atoms with Gasteiger partial charge in [0.2, 0.25) is 0 Å². The maximum Gasteiger partial charge on any atom is 0.185 e. The number of tetrazole rings is 1. The molecule has 1 saturated carbocycles. The monoisotopic (exact) mass is 275 g/mol. The third kappa shape index (κ3) is 2.37. The summed E-state index contributed by atoms with van der Waals surface area (Å²) < 4.78 is 15.7. The minimum Gasteiger partial charge on any atom is -0.399 e. The Hall–Kier alpha value is -1.98. The molecule has 3 rings (SSSR count). The molecule has 2 N–H and O–H groups in total. The Kier molecular flexibility index (Phi) is 3.38. The van der Waals surface area contributed by atoms with Gasteiger partial charge in [-0.05, 0) is 47.4 Å². The van der Waals surface area contributed by atoms with Gasteiger partial charge in [-0.3, -0.25) is 0 Å². The fraction of sp³-hybridized carbons (Fsp3) is 0.500. The number of nitrogens with two attached hydrogens (primary N) is 1. The molecule has 0 bridgehead atoms. The Bertz CT molecular complexity index is 609. The van der Waals surface area contributed by atoms with Crippen LogP contribution in [0, 0.1) is 11.7 Å². The van der Waals surface area contributed by atoms with E-state index in [-0.39, 0.29) is 11.9 Å². The van der Waals surface area contributed by atoms with Crippen molar-refractivity contribution in [3.8, 4) is 11.4 Å². The summed E-state index contributed by atoms with van der Waals surface area (Å²) in [7, 11) is 0. The molecule has 2 atom stereocenters. The molecule has 1 aliphatic rings. The number of halogens is 1. The molecular formula is C14H18FN5. The number of benzene rings is 1. The normalized spacial score (nSPS) is 22.9. The highest BCUT2D eigenvalue weighted by Gasteiger charge is 2.25. The Labute approximate surface area is 117 Å². The van der Waals surface area contributed by atoms with Crippen LogP contribution in [0.3, 0.4) is 0 Å². The van der Waals surface area contributed by atoms with Crippen LogP contribution in [-0.4, -0.2) is 20.2 Å². The molecule has 0 spiro atoms. The van der Waals surface area contributed by atoms with Gasteiger partial charge in [0.25, 0.3) is 0 Å². The van der Waals surface area contributed by atoms with Crippen LogP contribution < -0.4 is 5.73 Å². The van der Waals surface area contributed by atoms with Gasteiger partial charge in [0.1, 0.15) is 5.82 Å². The van der Waals surface area contributed by atoms with Crippen molar-refractivity contribution in [1.29, 1.82) is 0 Å². The lowest BCUT2D eigenvalue weighted by molar-refractivity contribution is 0.265. The van der Waals surface area contributed by atoms with Crippen LogP contribution in [-0.2, 0) is 0 Å². The standard InChI is InChI=1S/C14H18FN5/c1-9-3-2-4-11(7-9)20-14(17-18-19-20)12-8-10(16)5-6-13(12)15/h5-6,8-9,11H,2-4,7,16H2,1H3. The second kappa shape index (κ2) is 5.19. The zero-order valence-electron chi connectivity index (χ0n) is 11.5. The van der Waals surface area contributed by atoms with E-state index in [9.17, 15) is 4.39 Å². The highest BCUT2D eigenvalue weighted by molar-refractivity contribution is 5.61. The fourth-order valence-electron chi connectivity index (χ4n) is 2.96. The fourth-order valence-corrected chi connectivity index (χ4v) is 2.96. The summed E-state index contributed by atoms with van der Waals surface area (Å²) in [5, 5.41) is 11.8. The quantitative estimate of drug-likeness (QED) is 0.856. The predicted molar refractivity (Wildman–Crippen MR) is 74.3 cm³/mol. The number of nitrogen functional groups attached to an aromatic ring is 1. The summed E-state index contributed by atoms with van der Waals surface area (Å²) in [6.07, 6.45) is 4.46. The van der Waals surface area contributed by atoms with E-state index >= 15 is 0 Å². The van der Waals surface area contributed by atoms with Crippen molar-refractivity contribution >= 4 is 5.69 Å². The van der Waals surface area contributed by atoms with Crippen LogP contribution in [0.15, 0.2) is 18.2 Å². The van der Waals surface area contributed by atoms with E-state index < -0.39 is 0 Å². The van der Waals surface area contributed by atoms with Crippen LogP contribution in [0.4, 0.5) is 10.1 Å². The van der Waals surface area contributed by atoms with Crippen molar-refractivity contribution < 1.29 is 4.39 Å². The van der Waals surface area contributed by atoms with Crippen LogP contribution in [0.2, 0.25) is 0 Å². The highest BCUT2D eigenvalue weighted by atomic mass is 19.1.